The molecule has 1 N–H and O–H groups in total. The van der Waals surface area contributed by atoms with Crippen molar-refractivity contribution in [2.24, 2.45) is 0 Å². The quantitative estimate of drug-likeness (QED) is 0.639. The minimum atomic E-state index is 1.17. The van der Waals surface area contributed by atoms with Crippen LogP contribution in [0.4, 0.5) is 0 Å². The molecule has 0 radical (unpaired) electrons. The van der Waals surface area contributed by atoms with E-state index in [4.69, 9.17) is 0 Å². The molecule has 70 valence electrons. The molecule has 1 aliphatic heterocycles. The summed E-state index contributed by atoms with van der Waals surface area (Å²) >= 11 is 0. The largest absolute Gasteiger partial charge is 0.375 e. The number of hydrogen-bond donors (Lipinski definition) is 1. The highest BCUT2D eigenvalue weighted by molar-refractivity contribution is 4.95. The van der Waals surface area contributed by atoms with Crippen LogP contribution in [-0.2, 0) is 0 Å². The minimum Gasteiger partial charge on any atom is -0.375 e. The molecule has 0 spiro atoms. The smallest absolute Gasteiger partial charge is 0.0186 e. The zero-order valence-corrected chi connectivity index (χ0v) is 8.27. The maximum absolute atomic E-state index is 3.42. The highest BCUT2D eigenvalue weighted by Gasteiger charge is 2.06. The second kappa shape index (κ2) is 5.20. The molecule has 0 unspecified atom stereocenters. The molecule has 0 aliphatic carbocycles. The Bertz CT molecular complexity index is 144. The third-order valence-electron chi connectivity index (χ3n) is 2.48. The van der Waals surface area contributed by atoms with Crippen molar-refractivity contribution >= 4 is 0 Å². The van der Waals surface area contributed by atoms with Gasteiger partial charge in [0.2, 0.25) is 0 Å². The standard InChI is InChI=1S/C10H20N2/c1-3-10(2)12-8-4-6-11-7-5-9-12/h3,11H,4-9H2,1-2H3. The number of hydrogen-bond acceptors (Lipinski definition) is 2. The zero-order valence-electron chi connectivity index (χ0n) is 8.27. The van der Waals surface area contributed by atoms with Crippen molar-refractivity contribution in [2.45, 2.75) is 26.7 Å². The molecule has 2 nitrogen and oxygen atoms in total. The van der Waals surface area contributed by atoms with Crippen LogP contribution in [-0.4, -0.2) is 31.1 Å². The number of nitrogens with zero attached hydrogens (tertiary/aromatic N) is 1. The summed E-state index contributed by atoms with van der Waals surface area (Å²) in [5, 5.41) is 3.42. The molecule has 0 bridgehead atoms. The van der Waals surface area contributed by atoms with Crippen LogP contribution in [0.2, 0.25) is 0 Å². The first-order chi connectivity index (χ1) is 5.84. The zero-order chi connectivity index (χ0) is 8.81. The Kier molecular flexibility index (Phi) is 4.15. The van der Waals surface area contributed by atoms with Gasteiger partial charge in [-0.15, -0.1) is 0 Å². The lowest BCUT2D eigenvalue weighted by molar-refractivity contribution is 0.312. The van der Waals surface area contributed by atoms with E-state index in [1.165, 1.54) is 44.7 Å². The van der Waals surface area contributed by atoms with Crippen LogP contribution < -0.4 is 5.32 Å². The molecular weight excluding hydrogens is 148 g/mol. The molecule has 0 aromatic heterocycles. The van der Waals surface area contributed by atoms with Gasteiger partial charge >= 0.3 is 0 Å². The Morgan fingerprint density at radius 2 is 1.83 bits per heavy atom. The molecule has 0 amide bonds. The van der Waals surface area contributed by atoms with Gasteiger partial charge in [0.25, 0.3) is 0 Å². The summed E-state index contributed by atoms with van der Waals surface area (Å²) < 4.78 is 0. The highest BCUT2D eigenvalue weighted by Crippen LogP contribution is 2.06. The molecule has 0 aromatic carbocycles. The summed E-state index contributed by atoms with van der Waals surface area (Å²) in [6.07, 6.45) is 4.74. The summed E-state index contributed by atoms with van der Waals surface area (Å²) in [6.45, 7) is 9.09. The Morgan fingerprint density at radius 3 is 2.33 bits per heavy atom. The maximum atomic E-state index is 3.42. The molecule has 1 fully saturated rings. The van der Waals surface area contributed by atoms with Gasteiger partial charge in [0.1, 0.15) is 0 Å². The third-order valence-corrected chi connectivity index (χ3v) is 2.48. The van der Waals surface area contributed by atoms with Crippen LogP contribution >= 0.6 is 0 Å². The van der Waals surface area contributed by atoms with Gasteiger partial charge in [0, 0.05) is 18.8 Å². The molecule has 1 saturated heterocycles. The monoisotopic (exact) mass is 168 g/mol. The summed E-state index contributed by atoms with van der Waals surface area (Å²) in [7, 11) is 0. The number of rotatable bonds is 1. The average Bonchev–Trinajstić information content (AvgIpc) is 2.02. The summed E-state index contributed by atoms with van der Waals surface area (Å²) in [4.78, 5) is 2.49. The molecule has 0 saturated carbocycles. The lowest BCUT2D eigenvalue weighted by atomic mass is 10.2. The van der Waals surface area contributed by atoms with Crippen molar-refractivity contribution in [3.05, 3.63) is 11.8 Å². The third kappa shape index (κ3) is 2.86. The van der Waals surface area contributed by atoms with Gasteiger partial charge in [-0.05, 0) is 39.8 Å². The van der Waals surface area contributed by atoms with Gasteiger partial charge in [0.05, 0.1) is 0 Å². The average molecular weight is 168 g/mol. The van der Waals surface area contributed by atoms with E-state index < -0.39 is 0 Å². The molecule has 2 heteroatoms. The van der Waals surface area contributed by atoms with Gasteiger partial charge in [-0.2, -0.15) is 0 Å². The van der Waals surface area contributed by atoms with E-state index in [1.54, 1.807) is 0 Å². The van der Waals surface area contributed by atoms with Crippen LogP contribution in [0.5, 0.6) is 0 Å². The molecule has 1 heterocycles. The van der Waals surface area contributed by atoms with Gasteiger partial charge in [-0.1, -0.05) is 6.08 Å². The highest BCUT2D eigenvalue weighted by atomic mass is 15.1. The maximum Gasteiger partial charge on any atom is 0.0186 e. The Balaban J connectivity index is 2.39. The van der Waals surface area contributed by atoms with Gasteiger partial charge in [-0.3, -0.25) is 0 Å². The summed E-state index contributed by atoms with van der Waals surface area (Å²) in [5.41, 5.74) is 1.43. The first-order valence-corrected chi connectivity index (χ1v) is 4.93. The lowest BCUT2D eigenvalue weighted by Gasteiger charge is -2.27. The second-order valence-corrected chi connectivity index (χ2v) is 3.37. The van der Waals surface area contributed by atoms with Gasteiger partial charge in [0.15, 0.2) is 0 Å². The number of allylic oxidation sites excluding steroid dienone is 2. The normalized spacial score (nSPS) is 21.8. The first kappa shape index (κ1) is 9.59. The fourth-order valence-corrected chi connectivity index (χ4v) is 1.56. The van der Waals surface area contributed by atoms with E-state index >= 15 is 0 Å². The van der Waals surface area contributed by atoms with Crippen LogP contribution in [0, 0.1) is 0 Å². The predicted molar refractivity (Wildman–Crippen MR) is 53.1 cm³/mol. The van der Waals surface area contributed by atoms with E-state index in [-0.39, 0.29) is 0 Å². The van der Waals surface area contributed by atoms with Crippen molar-refractivity contribution < 1.29 is 0 Å². The second-order valence-electron chi connectivity index (χ2n) is 3.37. The molecule has 1 aliphatic rings. The molecule has 1 rings (SSSR count). The fraction of sp³-hybridized carbons (Fsp3) is 0.800. The van der Waals surface area contributed by atoms with Gasteiger partial charge < -0.3 is 10.2 Å². The van der Waals surface area contributed by atoms with Crippen LogP contribution in [0.1, 0.15) is 26.7 Å². The van der Waals surface area contributed by atoms with Crippen molar-refractivity contribution in [3.8, 4) is 0 Å². The van der Waals surface area contributed by atoms with E-state index in [0.717, 1.165) is 0 Å². The predicted octanol–water partition coefficient (Wildman–Crippen LogP) is 1.60. The fourth-order valence-electron chi connectivity index (χ4n) is 1.56. The van der Waals surface area contributed by atoms with Crippen LogP contribution in [0.15, 0.2) is 11.8 Å². The molecule has 12 heavy (non-hydrogen) atoms. The van der Waals surface area contributed by atoms with E-state index in [9.17, 15) is 0 Å². The van der Waals surface area contributed by atoms with Crippen LogP contribution in [0.3, 0.4) is 0 Å². The Hall–Kier alpha value is -0.500. The summed E-state index contributed by atoms with van der Waals surface area (Å²) in [5.74, 6) is 0. The minimum absolute atomic E-state index is 1.17. The number of nitrogens with one attached hydrogen (secondary N) is 1. The van der Waals surface area contributed by atoms with Crippen LogP contribution in [0.25, 0.3) is 0 Å². The topological polar surface area (TPSA) is 15.3 Å². The Morgan fingerprint density at radius 1 is 1.25 bits per heavy atom. The molecule has 0 atom stereocenters. The first-order valence-electron chi connectivity index (χ1n) is 4.93. The van der Waals surface area contributed by atoms with Crippen molar-refractivity contribution in [3.63, 3.8) is 0 Å². The van der Waals surface area contributed by atoms with Crippen molar-refractivity contribution in [2.75, 3.05) is 26.2 Å². The van der Waals surface area contributed by atoms with Crippen molar-refractivity contribution in [1.82, 2.24) is 10.2 Å². The van der Waals surface area contributed by atoms with E-state index in [0.29, 0.717) is 0 Å². The SMILES string of the molecule is CC=C(C)N1CCCNCCC1. The molecule has 0 aromatic rings. The summed E-state index contributed by atoms with van der Waals surface area (Å²) in [6, 6.07) is 0. The van der Waals surface area contributed by atoms with E-state index in [1.807, 2.05) is 0 Å². The van der Waals surface area contributed by atoms with Crippen molar-refractivity contribution in [1.29, 1.82) is 0 Å². The van der Waals surface area contributed by atoms with Gasteiger partial charge in [-0.25, -0.2) is 0 Å². The molecular formula is C10H20N2. The lowest BCUT2D eigenvalue weighted by Crippen LogP contribution is -2.32. The van der Waals surface area contributed by atoms with E-state index in [2.05, 4.69) is 30.1 Å². The Labute approximate surface area is 75.6 Å².